The number of hydrogen-bond acceptors (Lipinski definition) is 1. The molecule has 0 amide bonds. The van der Waals surface area contributed by atoms with E-state index in [1.807, 2.05) is 0 Å². The van der Waals surface area contributed by atoms with E-state index in [0.717, 1.165) is 29.7 Å². The van der Waals surface area contributed by atoms with Crippen LogP contribution >= 0.6 is 0 Å². The zero-order chi connectivity index (χ0) is 14.8. The molecule has 0 atom stereocenters. The van der Waals surface area contributed by atoms with Gasteiger partial charge in [0.15, 0.2) is 0 Å². The van der Waals surface area contributed by atoms with E-state index in [1.54, 1.807) is 38.5 Å². The van der Waals surface area contributed by atoms with Gasteiger partial charge in [0, 0.05) is 6.54 Å². The van der Waals surface area contributed by atoms with Gasteiger partial charge in [0.05, 0.1) is 0 Å². The van der Waals surface area contributed by atoms with E-state index in [4.69, 9.17) is 0 Å². The number of nitrogens with one attached hydrogen (secondary N) is 1. The lowest BCUT2D eigenvalue weighted by Crippen LogP contribution is -2.47. The minimum atomic E-state index is 0.727. The van der Waals surface area contributed by atoms with Crippen molar-refractivity contribution < 1.29 is 0 Å². The maximum atomic E-state index is 3.64. The zero-order valence-electron chi connectivity index (χ0n) is 13.6. The van der Waals surface area contributed by atoms with Crippen molar-refractivity contribution in [2.24, 2.45) is 23.2 Å². The fourth-order valence-electron chi connectivity index (χ4n) is 5.89. The summed E-state index contributed by atoms with van der Waals surface area (Å²) in [6, 6.07) is 10.6. The first-order valence-corrected chi connectivity index (χ1v) is 9.24. The molecule has 0 saturated heterocycles. The summed E-state index contributed by atoms with van der Waals surface area (Å²) in [5, 5.41) is 3.64. The van der Waals surface area contributed by atoms with E-state index in [0.29, 0.717) is 0 Å². The Morgan fingerprint density at radius 3 is 2.23 bits per heavy atom. The molecule has 1 heteroatoms. The van der Waals surface area contributed by atoms with Crippen molar-refractivity contribution in [2.45, 2.75) is 44.9 Å². The second-order valence-electron chi connectivity index (χ2n) is 8.18. The Balaban J connectivity index is 1.22. The molecule has 1 nitrogen and oxygen atoms in total. The fourth-order valence-corrected chi connectivity index (χ4v) is 5.89. The maximum Gasteiger partial charge on any atom is 0.0138 e. The van der Waals surface area contributed by atoms with Crippen molar-refractivity contribution in [3.05, 3.63) is 42.0 Å². The van der Waals surface area contributed by atoms with Crippen molar-refractivity contribution in [1.29, 1.82) is 0 Å². The summed E-state index contributed by atoms with van der Waals surface area (Å²) in [6.45, 7) is 2.20. The SMILES string of the molecule is C(=C\c1ccccc1)/CNCCC12CC3CC(CC(C3)C1)C2. The molecule has 0 aliphatic heterocycles. The van der Waals surface area contributed by atoms with Crippen LogP contribution in [0.4, 0.5) is 0 Å². The molecular formula is C21H29N. The minimum Gasteiger partial charge on any atom is -0.313 e. The molecule has 0 unspecified atom stereocenters. The molecule has 5 rings (SSSR count). The molecule has 0 aromatic heterocycles. The second kappa shape index (κ2) is 6.20. The van der Waals surface area contributed by atoms with Crippen molar-refractivity contribution in [3.8, 4) is 0 Å². The molecule has 0 heterocycles. The van der Waals surface area contributed by atoms with Crippen LogP contribution in [-0.4, -0.2) is 13.1 Å². The summed E-state index contributed by atoms with van der Waals surface area (Å²) in [7, 11) is 0. The highest BCUT2D eigenvalue weighted by molar-refractivity contribution is 5.48. The predicted octanol–water partition coefficient (Wildman–Crippen LogP) is 4.90. The van der Waals surface area contributed by atoms with E-state index in [-0.39, 0.29) is 0 Å². The highest BCUT2D eigenvalue weighted by Gasteiger charge is 2.50. The Morgan fingerprint density at radius 2 is 1.59 bits per heavy atom. The second-order valence-corrected chi connectivity index (χ2v) is 8.18. The molecule has 22 heavy (non-hydrogen) atoms. The Labute approximate surface area is 135 Å². The summed E-state index contributed by atoms with van der Waals surface area (Å²) in [5.74, 6) is 3.26. The first-order valence-electron chi connectivity index (χ1n) is 9.24. The van der Waals surface area contributed by atoms with E-state index in [2.05, 4.69) is 47.8 Å². The third-order valence-electron chi connectivity index (χ3n) is 6.37. The smallest absolute Gasteiger partial charge is 0.0138 e. The van der Waals surface area contributed by atoms with E-state index in [9.17, 15) is 0 Å². The number of hydrogen-bond donors (Lipinski definition) is 1. The maximum absolute atomic E-state index is 3.64. The molecule has 1 N–H and O–H groups in total. The molecule has 4 fully saturated rings. The topological polar surface area (TPSA) is 12.0 Å². The van der Waals surface area contributed by atoms with Crippen molar-refractivity contribution in [1.82, 2.24) is 5.32 Å². The first-order chi connectivity index (χ1) is 10.8. The van der Waals surface area contributed by atoms with Crippen LogP contribution in [0.1, 0.15) is 50.5 Å². The van der Waals surface area contributed by atoms with Gasteiger partial charge in [-0.05, 0) is 80.2 Å². The van der Waals surface area contributed by atoms with Crippen LogP contribution in [0.5, 0.6) is 0 Å². The van der Waals surface area contributed by atoms with Gasteiger partial charge in [0.25, 0.3) is 0 Å². The van der Waals surface area contributed by atoms with E-state index in [1.165, 1.54) is 18.5 Å². The van der Waals surface area contributed by atoms with Crippen LogP contribution in [-0.2, 0) is 0 Å². The summed E-state index contributed by atoms with van der Waals surface area (Å²) < 4.78 is 0. The Kier molecular flexibility index (Phi) is 4.09. The van der Waals surface area contributed by atoms with Gasteiger partial charge in [-0.2, -0.15) is 0 Å². The van der Waals surface area contributed by atoms with E-state index < -0.39 is 0 Å². The lowest BCUT2D eigenvalue weighted by molar-refractivity contribution is -0.0566. The molecular weight excluding hydrogens is 266 g/mol. The Bertz CT molecular complexity index is 481. The molecule has 4 bridgehead atoms. The van der Waals surface area contributed by atoms with Crippen molar-refractivity contribution >= 4 is 6.08 Å². The van der Waals surface area contributed by atoms with Crippen LogP contribution in [0, 0.1) is 23.2 Å². The van der Waals surface area contributed by atoms with Gasteiger partial charge in [0.1, 0.15) is 0 Å². The van der Waals surface area contributed by atoms with Crippen LogP contribution in [0.3, 0.4) is 0 Å². The van der Waals surface area contributed by atoms with Crippen LogP contribution in [0.2, 0.25) is 0 Å². The average Bonchev–Trinajstić information content (AvgIpc) is 2.50. The Morgan fingerprint density at radius 1 is 0.955 bits per heavy atom. The monoisotopic (exact) mass is 295 g/mol. The largest absolute Gasteiger partial charge is 0.313 e. The lowest BCUT2D eigenvalue weighted by atomic mass is 9.49. The summed E-state index contributed by atoms with van der Waals surface area (Å²) in [5.41, 5.74) is 2.02. The van der Waals surface area contributed by atoms with Gasteiger partial charge < -0.3 is 5.32 Å². The molecule has 118 valence electrons. The summed E-state index contributed by atoms with van der Waals surface area (Å²) >= 11 is 0. The highest BCUT2D eigenvalue weighted by atomic mass is 14.8. The molecule has 0 spiro atoms. The zero-order valence-corrected chi connectivity index (χ0v) is 13.6. The molecule has 0 radical (unpaired) electrons. The molecule has 4 aliphatic carbocycles. The molecule has 4 aliphatic rings. The number of rotatable bonds is 6. The fraction of sp³-hybridized carbons (Fsp3) is 0.619. The first kappa shape index (κ1) is 14.5. The van der Waals surface area contributed by atoms with E-state index >= 15 is 0 Å². The molecule has 4 saturated carbocycles. The van der Waals surface area contributed by atoms with Gasteiger partial charge in [0.2, 0.25) is 0 Å². The van der Waals surface area contributed by atoms with Crippen molar-refractivity contribution in [3.63, 3.8) is 0 Å². The van der Waals surface area contributed by atoms with Crippen LogP contribution in [0.25, 0.3) is 6.08 Å². The third-order valence-corrected chi connectivity index (χ3v) is 6.37. The quantitative estimate of drug-likeness (QED) is 0.736. The minimum absolute atomic E-state index is 0.727. The summed E-state index contributed by atoms with van der Waals surface area (Å²) in [4.78, 5) is 0. The summed E-state index contributed by atoms with van der Waals surface area (Å²) in [6.07, 6.45) is 15.2. The Hall–Kier alpha value is -1.08. The van der Waals surface area contributed by atoms with Crippen LogP contribution < -0.4 is 5.32 Å². The van der Waals surface area contributed by atoms with Gasteiger partial charge in [-0.3, -0.25) is 0 Å². The highest BCUT2D eigenvalue weighted by Crippen LogP contribution is 2.61. The standard InChI is InChI=1S/C21H29N/c1-2-5-17(6-3-1)7-4-9-22-10-8-21-14-18-11-19(15-21)13-20(12-18)16-21/h1-7,18-20,22H,8-16H2/b7-4+. The van der Waals surface area contributed by atoms with Gasteiger partial charge in [-0.25, -0.2) is 0 Å². The van der Waals surface area contributed by atoms with Gasteiger partial charge in [-0.1, -0.05) is 42.5 Å². The average molecular weight is 295 g/mol. The third kappa shape index (κ3) is 3.15. The van der Waals surface area contributed by atoms with Crippen molar-refractivity contribution in [2.75, 3.05) is 13.1 Å². The number of benzene rings is 1. The van der Waals surface area contributed by atoms with Gasteiger partial charge in [-0.15, -0.1) is 0 Å². The normalized spacial score (nSPS) is 36.3. The molecule has 1 aromatic rings. The predicted molar refractivity (Wildman–Crippen MR) is 93.6 cm³/mol. The van der Waals surface area contributed by atoms with Gasteiger partial charge >= 0.3 is 0 Å². The van der Waals surface area contributed by atoms with Crippen LogP contribution in [0.15, 0.2) is 36.4 Å². The molecule has 1 aromatic carbocycles. The lowest BCUT2D eigenvalue weighted by Gasteiger charge is -2.57.